The summed E-state index contributed by atoms with van der Waals surface area (Å²) in [5.74, 6) is 1.47. The molecule has 0 aromatic carbocycles. The maximum Gasteiger partial charge on any atom is 0.279 e. The Labute approximate surface area is 107 Å². The smallest absolute Gasteiger partial charge is 0.271 e. The average Bonchev–Trinajstić information content (AvgIpc) is 2.21. The van der Waals surface area contributed by atoms with Gasteiger partial charge in [0, 0.05) is 19.6 Å². The molecule has 0 spiro atoms. The maximum absolute atomic E-state index is 12.6. The Morgan fingerprint density at radius 1 is 0.706 bits per heavy atom. The zero-order valence-corrected chi connectivity index (χ0v) is 13.1. The van der Waals surface area contributed by atoms with Gasteiger partial charge in [0.05, 0.1) is 0 Å². The lowest BCUT2D eigenvalue weighted by molar-refractivity contribution is 0.505. The summed E-state index contributed by atoms with van der Waals surface area (Å²) in [6.45, 7) is 15.0. The molecule has 0 heterocycles. The number of rotatable bonds is 9. The Bertz CT molecular complexity index is 204. The molecule has 0 unspecified atom stereocenters. The highest BCUT2D eigenvalue weighted by Gasteiger charge is 2.21. The van der Waals surface area contributed by atoms with Crippen LogP contribution in [0, 0.1) is 17.8 Å². The summed E-state index contributed by atoms with van der Waals surface area (Å²) in [6, 6.07) is 0. The van der Waals surface area contributed by atoms with E-state index in [9.17, 15) is 4.57 Å². The lowest BCUT2D eigenvalue weighted by Gasteiger charge is -2.24. The Hall–Kier alpha value is 0.110. The molecule has 0 rings (SSSR count). The third-order valence-electron chi connectivity index (χ3n) is 2.17. The second-order valence-electron chi connectivity index (χ2n) is 5.88. The molecule has 0 saturated heterocycles. The zero-order valence-electron chi connectivity index (χ0n) is 12.2. The molecule has 0 atom stereocenters. The molecule has 5 heteroatoms. The molecule has 104 valence electrons. The van der Waals surface area contributed by atoms with E-state index in [1.807, 2.05) is 0 Å². The van der Waals surface area contributed by atoms with Crippen LogP contribution >= 0.6 is 7.59 Å². The van der Waals surface area contributed by atoms with E-state index in [-0.39, 0.29) is 0 Å². The normalized spacial score (nSPS) is 13.0. The minimum absolute atomic E-state index is 0.491. The molecule has 4 nitrogen and oxygen atoms in total. The summed E-state index contributed by atoms with van der Waals surface area (Å²) in [4.78, 5) is 0. The van der Waals surface area contributed by atoms with Gasteiger partial charge < -0.3 is 0 Å². The standard InChI is InChI=1S/C12H30N3OP/c1-10(2)7-13-17(16,14-8-11(3)4)15-9-12(5)6/h10-12H,7-9H2,1-6H3,(H3,13,14,15,16). The molecule has 0 aromatic heterocycles. The van der Waals surface area contributed by atoms with Gasteiger partial charge in [-0.25, -0.2) is 15.3 Å². The number of hydrogen-bond acceptors (Lipinski definition) is 1. The van der Waals surface area contributed by atoms with Crippen molar-refractivity contribution in [2.45, 2.75) is 41.5 Å². The van der Waals surface area contributed by atoms with E-state index in [1.165, 1.54) is 0 Å². The van der Waals surface area contributed by atoms with E-state index in [1.54, 1.807) is 0 Å². The van der Waals surface area contributed by atoms with Gasteiger partial charge in [-0.1, -0.05) is 41.5 Å². The Kier molecular flexibility index (Phi) is 8.31. The Morgan fingerprint density at radius 2 is 0.941 bits per heavy atom. The summed E-state index contributed by atoms with van der Waals surface area (Å²) >= 11 is 0. The van der Waals surface area contributed by atoms with Crippen molar-refractivity contribution in [3.8, 4) is 0 Å². The van der Waals surface area contributed by atoms with Crippen molar-refractivity contribution in [3.63, 3.8) is 0 Å². The van der Waals surface area contributed by atoms with Gasteiger partial charge in [0.15, 0.2) is 0 Å². The number of hydrogen-bond donors (Lipinski definition) is 3. The van der Waals surface area contributed by atoms with Gasteiger partial charge in [-0.15, -0.1) is 0 Å². The van der Waals surface area contributed by atoms with Crippen LogP contribution in [0.15, 0.2) is 0 Å². The maximum atomic E-state index is 12.6. The molecular formula is C12H30N3OP. The lowest BCUT2D eigenvalue weighted by atomic mass is 10.2. The van der Waals surface area contributed by atoms with E-state index >= 15 is 0 Å². The first-order valence-electron chi connectivity index (χ1n) is 6.60. The van der Waals surface area contributed by atoms with Gasteiger partial charge in [-0.2, -0.15) is 0 Å². The quantitative estimate of drug-likeness (QED) is 0.560. The fourth-order valence-electron chi connectivity index (χ4n) is 1.10. The predicted molar refractivity (Wildman–Crippen MR) is 76.1 cm³/mol. The monoisotopic (exact) mass is 263 g/mol. The first-order chi connectivity index (χ1) is 7.75. The molecule has 0 aliphatic carbocycles. The average molecular weight is 263 g/mol. The highest BCUT2D eigenvalue weighted by Crippen LogP contribution is 2.30. The van der Waals surface area contributed by atoms with Crippen LogP contribution in [0.2, 0.25) is 0 Å². The molecule has 0 aliphatic heterocycles. The second kappa shape index (κ2) is 8.25. The molecule has 0 bridgehead atoms. The molecule has 0 radical (unpaired) electrons. The minimum atomic E-state index is -2.63. The minimum Gasteiger partial charge on any atom is -0.271 e. The Morgan fingerprint density at radius 3 is 1.12 bits per heavy atom. The summed E-state index contributed by atoms with van der Waals surface area (Å²) in [7, 11) is -2.63. The van der Waals surface area contributed by atoms with Crippen molar-refractivity contribution in [1.82, 2.24) is 15.3 Å². The van der Waals surface area contributed by atoms with Crippen molar-refractivity contribution >= 4 is 7.59 Å². The third kappa shape index (κ3) is 9.78. The van der Waals surface area contributed by atoms with Gasteiger partial charge >= 0.3 is 0 Å². The summed E-state index contributed by atoms with van der Waals surface area (Å²) in [5, 5.41) is 9.42. The molecule has 0 amide bonds. The second-order valence-corrected chi connectivity index (χ2v) is 8.04. The predicted octanol–water partition coefficient (Wildman–Crippen LogP) is 2.83. The van der Waals surface area contributed by atoms with Crippen molar-refractivity contribution in [2.24, 2.45) is 17.8 Å². The summed E-state index contributed by atoms with van der Waals surface area (Å²) in [5.41, 5.74) is 0. The van der Waals surface area contributed by atoms with Crippen molar-refractivity contribution < 1.29 is 4.57 Å². The van der Waals surface area contributed by atoms with E-state index in [0.29, 0.717) is 17.8 Å². The van der Waals surface area contributed by atoms with Crippen LogP contribution in [0.25, 0.3) is 0 Å². The summed E-state index contributed by atoms with van der Waals surface area (Å²) in [6.07, 6.45) is 0. The highest BCUT2D eigenvalue weighted by atomic mass is 31.2. The van der Waals surface area contributed by atoms with Gasteiger partial charge in [-0.3, -0.25) is 4.57 Å². The topological polar surface area (TPSA) is 53.2 Å². The molecular weight excluding hydrogens is 233 g/mol. The molecule has 0 saturated carbocycles. The van der Waals surface area contributed by atoms with Crippen LogP contribution in [0.1, 0.15) is 41.5 Å². The molecule has 0 fully saturated rings. The first-order valence-corrected chi connectivity index (χ1v) is 8.31. The molecule has 0 aliphatic rings. The fraction of sp³-hybridized carbons (Fsp3) is 1.00. The van der Waals surface area contributed by atoms with E-state index in [0.717, 1.165) is 19.6 Å². The van der Waals surface area contributed by atoms with E-state index in [4.69, 9.17) is 0 Å². The van der Waals surface area contributed by atoms with Crippen LogP contribution in [-0.2, 0) is 4.57 Å². The van der Waals surface area contributed by atoms with Gasteiger partial charge in [0.2, 0.25) is 0 Å². The van der Waals surface area contributed by atoms with Gasteiger partial charge in [0.1, 0.15) is 0 Å². The number of nitrogens with one attached hydrogen (secondary N) is 3. The highest BCUT2D eigenvalue weighted by molar-refractivity contribution is 7.57. The van der Waals surface area contributed by atoms with E-state index < -0.39 is 7.59 Å². The Balaban J connectivity index is 4.29. The lowest BCUT2D eigenvalue weighted by Crippen LogP contribution is -2.36. The molecule has 0 aromatic rings. The summed E-state index contributed by atoms with van der Waals surface area (Å²) < 4.78 is 12.6. The van der Waals surface area contributed by atoms with Crippen molar-refractivity contribution in [2.75, 3.05) is 19.6 Å². The van der Waals surface area contributed by atoms with Crippen molar-refractivity contribution in [3.05, 3.63) is 0 Å². The van der Waals surface area contributed by atoms with Gasteiger partial charge in [-0.05, 0) is 17.8 Å². The molecule has 17 heavy (non-hydrogen) atoms. The first kappa shape index (κ1) is 17.1. The fourth-order valence-corrected chi connectivity index (χ4v) is 3.30. The van der Waals surface area contributed by atoms with Crippen LogP contribution in [-0.4, -0.2) is 19.6 Å². The van der Waals surface area contributed by atoms with Crippen LogP contribution in [0.5, 0.6) is 0 Å². The van der Waals surface area contributed by atoms with Crippen molar-refractivity contribution in [1.29, 1.82) is 0 Å². The zero-order chi connectivity index (χ0) is 13.5. The van der Waals surface area contributed by atoms with Crippen LogP contribution < -0.4 is 15.3 Å². The largest absolute Gasteiger partial charge is 0.279 e. The SMILES string of the molecule is CC(C)CNP(=O)(NCC(C)C)NCC(C)C. The van der Waals surface area contributed by atoms with Crippen LogP contribution in [0.3, 0.4) is 0 Å². The van der Waals surface area contributed by atoms with Crippen LogP contribution in [0.4, 0.5) is 0 Å². The van der Waals surface area contributed by atoms with E-state index in [2.05, 4.69) is 56.8 Å². The molecule has 3 N–H and O–H groups in total. The third-order valence-corrected chi connectivity index (χ3v) is 4.05. The van der Waals surface area contributed by atoms with Gasteiger partial charge in [0.25, 0.3) is 7.59 Å².